The third-order valence-corrected chi connectivity index (χ3v) is 25.4. The van der Waals surface area contributed by atoms with Crippen molar-refractivity contribution in [3.63, 3.8) is 0 Å². The van der Waals surface area contributed by atoms with Crippen LogP contribution in [0.2, 0.25) is 0 Å². The number of carbonyl (C=O) groups is 15. The maximum absolute atomic E-state index is 15.4. The molecular formula is C83H111N17O18S2. The fourth-order valence-corrected chi connectivity index (χ4v) is 19.1. The molecule has 120 heavy (non-hydrogen) atoms. The summed E-state index contributed by atoms with van der Waals surface area (Å²) in [5, 5.41) is 56.6. The van der Waals surface area contributed by atoms with Gasteiger partial charge in [-0.2, -0.15) is 11.8 Å². The van der Waals surface area contributed by atoms with Gasteiger partial charge in [-0.15, -0.1) is 11.8 Å². The summed E-state index contributed by atoms with van der Waals surface area (Å²) in [6, 6.07) is 5.32. The van der Waals surface area contributed by atoms with E-state index in [2.05, 4.69) is 52.8 Å². The fourth-order valence-electron chi connectivity index (χ4n) is 16.8. The molecule has 3 unspecified atom stereocenters. The summed E-state index contributed by atoms with van der Waals surface area (Å²) >= 11 is 2.34. The van der Waals surface area contributed by atoms with Crippen LogP contribution in [0.1, 0.15) is 127 Å². The van der Waals surface area contributed by atoms with Crippen molar-refractivity contribution < 1.29 is 87.2 Å². The number of likely N-dealkylation sites (N-methyl/N-ethyl adjacent to an activating group) is 2. The number of nitrogens with zero attached hydrogens (tertiary/aromatic N) is 6. The van der Waals surface area contributed by atoms with Crippen LogP contribution in [-0.2, 0) is 97.7 Å². The molecule has 648 valence electrons. The van der Waals surface area contributed by atoms with Gasteiger partial charge in [0, 0.05) is 111 Å². The number of aliphatic hydroxyl groups is 1. The quantitative estimate of drug-likeness (QED) is 0.0746. The number of carbonyl (C=O) groups excluding carboxylic acids is 14. The zero-order valence-electron chi connectivity index (χ0n) is 68.2. The van der Waals surface area contributed by atoms with Crippen LogP contribution in [0.4, 0.5) is 0 Å². The SMILES string of the molecule is CC[C@@H]1NC(=O)CNC(=O)[C@H]2SCC3CC[C@@H](NC(=O)[C@@H]4CCCN4C(=O)[C@H](Cc4ccc(O)cc4)NC(=O)CSCCN(C)C(=O)[C@H](CC(C)C)NC(=O)C4CCCCCCC(NC(=O)[C@H](Cc5cn(CC(=O)O)c6ccccc56)NC(=O)[C@H](CCN)NC(=O)[C@H](Cc5c[nH]c6ccccc56)NC(=O)[C@@H]5C[C@@H](O)CN5C1=O)C(=O)N4C)C(=O)N32. The molecule has 14 amide bonds. The number of aliphatic hydroxyl groups excluding tert-OH is 1. The number of benzene rings is 3. The number of aromatic hydroxyl groups is 1. The number of amides is 14. The lowest BCUT2D eigenvalue weighted by Gasteiger charge is -2.37. The van der Waals surface area contributed by atoms with E-state index in [0.717, 1.165) is 16.7 Å². The summed E-state index contributed by atoms with van der Waals surface area (Å²) in [7, 11) is 2.99. The normalized spacial score (nSPS) is 27.5. The highest BCUT2D eigenvalue weighted by Gasteiger charge is 2.50. The van der Waals surface area contributed by atoms with Crippen LogP contribution in [0.3, 0.4) is 0 Å². The molecular weight excluding hydrogens is 1590 g/mol. The van der Waals surface area contributed by atoms with Crippen molar-refractivity contribution in [2.75, 3.05) is 64.1 Å². The molecule has 6 fully saturated rings. The van der Waals surface area contributed by atoms with E-state index < -0.39 is 186 Å². The maximum Gasteiger partial charge on any atom is 0.323 e. The first-order valence-electron chi connectivity index (χ1n) is 41.3. The molecule has 0 saturated carbocycles. The van der Waals surface area contributed by atoms with E-state index in [-0.39, 0.29) is 120 Å². The first kappa shape index (κ1) is 90.0. The van der Waals surface area contributed by atoms with E-state index in [1.165, 1.54) is 55.1 Å². The predicted octanol–water partition coefficient (Wildman–Crippen LogP) is 0.143. The summed E-state index contributed by atoms with van der Waals surface area (Å²) < 4.78 is 1.47. The molecule has 4 bridgehead atoms. The van der Waals surface area contributed by atoms with E-state index >= 15 is 19.2 Å². The molecule has 5 aromatic rings. The van der Waals surface area contributed by atoms with E-state index in [1.807, 2.05) is 13.8 Å². The zero-order chi connectivity index (χ0) is 86.2. The number of thioether (sulfide) groups is 2. The lowest BCUT2D eigenvalue weighted by atomic mass is 9.97. The molecule has 0 radical (unpaired) electrons. The van der Waals surface area contributed by atoms with Gasteiger partial charge in [0.2, 0.25) is 76.8 Å². The highest BCUT2D eigenvalue weighted by molar-refractivity contribution is 8.00. The van der Waals surface area contributed by atoms with Gasteiger partial charge in [-0.3, -0.25) is 71.9 Å². The molecule has 37 heteroatoms. The van der Waals surface area contributed by atoms with Gasteiger partial charge < -0.3 is 103 Å². The van der Waals surface area contributed by atoms with Crippen molar-refractivity contribution in [2.24, 2.45) is 11.7 Å². The lowest BCUT2D eigenvalue weighted by molar-refractivity contribution is -0.146. The Labute approximate surface area is 703 Å². The van der Waals surface area contributed by atoms with Gasteiger partial charge in [-0.05, 0) is 111 Å². The maximum atomic E-state index is 15.4. The number of rotatable bonds is 13. The fraction of sp³-hybridized carbons (Fsp3) is 0.554. The molecule has 2 aromatic heterocycles. The highest BCUT2D eigenvalue weighted by Crippen LogP contribution is 2.37. The minimum Gasteiger partial charge on any atom is -0.508 e. The molecule has 6 aliphatic rings. The molecule has 0 spiro atoms. The van der Waals surface area contributed by atoms with Crippen molar-refractivity contribution >= 4 is 134 Å². The third kappa shape index (κ3) is 22.4. The molecule has 15 N–H and O–H groups in total. The molecule has 0 aliphatic carbocycles. The number of carboxylic acid groups (broad SMARTS) is 1. The van der Waals surface area contributed by atoms with Crippen LogP contribution in [0.5, 0.6) is 5.75 Å². The number of H-pyrrole nitrogens is 1. The second-order valence-electron chi connectivity index (χ2n) is 32.3. The van der Waals surface area contributed by atoms with Crippen molar-refractivity contribution in [3.05, 3.63) is 102 Å². The first-order valence-corrected chi connectivity index (χ1v) is 43.5. The van der Waals surface area contributed by atoms with Gasteiger partial charge in [0.05, 0.1) is 18.4 Å². The second-order valence-corrected chi connectivity index (χ2v) is 34.5. The molecule has 8 heterocycles. The van der Waals surface area contributed by atoms with Crippen molar-refractivity contribution in [2.45, 2.75) is 220 Å². The van der Waals surface area contributed by atoms with Gasteiger partial charge in [0.25, 0.3) is 5.91 Å². The van der Waals surface area contributed by atoms with Gasteiger partial charge in [-0.1, -0.05) is 95.0 Å². The minimum absolute atomic E-state index is 0.0313. The standard InChI is InChI=1S/C83H111N17O18S2/c1-6-55-80(116)99-42-52(102)38-67(99)76(112)93-60(36-48-39-85-56-18-13-11-16-53(48)56)72(108)89-57(29-30-84)71(107)92-61(37-49-41-97(43-70(105)106)64-20-14-12-17-54(49)64)73(109)90-58-19-9-7-8-10-21-65(96(5)79(58)115)74(110)94-62(34-46(2)3)78(114)95(4)32-33-119-45-69(104)88-63(35-47-23-26-51(101)27-24-47)81(117)98-31-15-22-66(98)75(111)91-59-28-25-50-44-120-83(100(50)82(59)118)77(113)86-40-68(103)87-55/h11-14,16-18,20,23-24,26-27,39,41,46,50,52,55,57-63,65-67,83,85,101-102H,6-10,15,19,21-22,25,28-38,40,42-45,84H2,1-5H3,(H,86,113)(H,87,103)(H,88,104)(H,89,108)(H,90,109)(H,91,111)(H,92,107)(H,93,112)(H,94,110)(H,105,106)/t50?,52-,55+,57+,58?,59-,60+,61+,62+,63+,65?,66+,67+,83-/m1/s1. The number of phenols is 1. The van der Waals surface area contributed by atoms with Crippen LogP contribution in [0.25, 0.3) is 21.8 Å². The number of carboxylic acids is 1. The summed E-state index contributed by atoms with van der Waals surface area (Å²) in [5.74, 6) is -10.9. The zero-order valence-corrected chi connectivity index (χ0v) is 69.8. The topological polar surface area (TPSA) is 488 Å². The molecule has 35 nitrogen and oxygen atoms in total. The number of fused-ring (bicyclic) bond motifs is 8. The smallest absolute Gasteiger partial charge is 0.323 e. The Hall–Kier alpha value is -10.8. The number of aromatic amines is 1. The van der Waals surface area contributed by atoms with Gasteiger partial charge >= 0.3 is 5.97 Å². The Morgan fingerprint density at radius 2 is 1.19 bits per heavy atom. The number of hydrogen-bond acceptors (Lipinski definition) is 20. The number of aromatic nitrogens is 2. The van der Waals surface area contributed by atoms with E-state index in [1.54, 1.807) is 87.0 Å². The number of aliphatic carboxylic acids is 1. The number of phenolic OH excluding ortho intramolecular Hbond substituents is 1. The van der Waals surface area contributed by atoms with E-state index in [9.17, 15) is 68.1 Å². The van der Waals surface area contributed by atoms with E-state index in [4.69, 9.17) is 5.73 Å². The molecule has 3 aromatic carbocycles. The summed E-state index contributed by atoms with van der Waals surface area (Å²) in [6.07, 6.45) is 4.63. The van der Waals surface area contributed by atoms with Crippen LogP contribution >= 0.6 is 23.5 Å². The Morgan fingerprint density at radius 1 is 0.575 bits per heavy atom. The summed E-state index contributed by atoms with van der Waals surface area (Å²) in [4.78, 5) is 228. The van der Waals surface area contributed by atoms with Crippen LogP contribution in [0.15, 0.2) is 85.2 Å². The average molecular weight is 1700 g/mol. The van der Waals surface area contributed by atoms with Crippen molar-refractivity contribution in [1.82, 2.24) is 81.9 Å². The Balaban J connectivity index is 0.884. The Kier molecular flexibility index (Phi) is 31.1. The van der Waals surface area contributed by atoms with Crippen LogP contribution in [-0.4, -0.2) is 286 Å². The Bertz CT molecular complexity index is 4620. The van der Waals surface area contributed by atoms with Crippen LogP contribution < -0.4 is 53.6 Å². The largest absolute Gasteiger partial charge is 0.508 e. The Morgan fingerprint density at radius 3 is 1.92 bits per heavy atom. The molecule has 6 saturated heterocycles. The summed E-state index contributed by atoms with van der Waals surface area (Å²) in [5.41, 5.74) is 8.91. The average Bonchev–Trinajstić information content (AvgIpc) is 1.59. The van der Waals surface area contributed by atoms with Gasteiger partial charge in [-0.25, -0.2) is 0 Å². The molecule has 11 rings (SSSR count). The highest BCUT2D eigenvalue weighted by atomic mass is 32.2. The number of para-hydroxylation sites is 2. The van der Waals surface area contributed by atoms with E-state index in [0.29, 0.717) is 82.8 Å². The van der Waals surface area contributed by atoms with Crippen molar-refractivity contribution in [1.29, 1.82) is 0 Å². The number of nitrogens with one attached hydrogen (secondary N) is 10. The van der Waals surface area contributed by atoms with Crippen molar-refractivity contribution in [3.8, 4) is 5.75 Å². The molecule has 6 aliphatic heterocycles. The lowest BCUT2D eigenvalue weighted by Crippen LogP contribution is -2.61. The monoisotopic (exact) mass is 1700 g/mol. The van der Waals surface area contributed by atoms with Gasteiger partial charge in [0.15, 0.2) is 5.37 Å². The van der Waals surface area contributed by atoms with Gasteiger partial charge in [0.1, 0.15) is 78.8 Å². The minimum atomic E-state index is -1.58. The number of piperidine rings is 1. The number of nitrogens with two attached hydrogens (primary N) is 1. The number of hydrogen-bond donors (Lipinski definition) is 14. The second kappa shape index (κ2) is 41.5. The predicted molar refractivity (Wildman–Crippen MR) is 445 cm³/mol. The third-order valence-electron chi connectivity index (χ3n) is 23.2. The summed E-state index contributed by atoms with van der Waals surface area (Å²) in [6.45, 7) is 3.87. The first-order chi connectivity index (χ1) is 57.5. The van der Waals surface area contributed by atoms with Crippen LogP contribution in [0, 0.1) is 5.92 Å². The molecule has 14 atom stereocenters.